The maximum Gasteiger partial charge on any atom is 0.265 e. The fourth-order valence-corrected chi connectivity index (χ4v) is 6.26. The maximum absolute atomic E-state index is 14.4. The van der Waals surface area contributed by atoms with Gasteiger partial charge in [0.15, 0.2) is 11.5 Å². The molecule has 0 heterocycles. The number of benzene rings is 3. The second-order valence-corrected chi connectivity index (χ2v) is 11.8. The molecule has 3 aromatic carbocycles. The second-order valence-electron chi connectivity index (χ2n) is 9.90. The van der Waals surface area contributed by atoms with Gasteiger partial charge in [-0.25, -0.2) is 8.42 Å². The third-order valence-electron chi connectivity index (χ3n) is 7.05. The first-order valence-electron chi connectivity index (χ1n) is 14.1. The van der Waals surface area contributed by atoms with Crippen LogP contribution in [-0.2, 0) is 26.2 Å². The van der Waals surface area contributed by atoms with E-state index in [-0.39, 0.29) is 34.5 Å². The molecule has 238 valence electrons. The van der Waals surface area contributed by atoms with Crippen molar-refractivity contribution in [3.63, 3.8) is 0 Å². The van der Waals surface area contributed by atoms with E-state index < -0.39 is 28.5 Å². The highest BCUT2D eigenvalue weighted by molar-refractivity contribution is 7.92. The Hall–Kier alpha value is -4.45. The second kappa shape index (κ2) is 15.3. The zero-order valence-electron chi connectivity index (χ0n) is 26.2. The average Bonchev–Trinajstić information content (AvgIpc) is 3.02. The molecule has 0 fully saturated rings. The van der Waals surface area contributed by atoms with Crippen molar-refractivity contribution in [2.45, 2.75) is 44.7 Å². The summed E-state index contributed by atoms with van der Waals surface area (Å²) in [5, 5.41) is 2.80. The number of aryl methyl sites for hydroxylation is 1. The molecule has 0 aliphatic heterocycles. The van der Waals surface area contributed by atoms with Crippen molar-refractivity contribution in [2.24, 2.45) is 0 Å². The van der Waals surface area contributed by atoms with Gasteiger partial charge in [0.2, 0.25) is 11.8 Å². The van der Waals surface area contributed by atoms with Crippen molar-refractivity contribution in [1.29, 1.82) is 0 Å². The van der Waals surface area contributed by atoms with E-state index in [1.54, 1.807) is 26.0 Å². The van der Waals surface area contributed by atoms with E-state index in [4.69, 9.17) is 18.9 Å². The summed E-state index contributed by atoms with van der Waals surface area (Å²) in [6.45, 7) is 5.37. The van der Waals surface area contributed by atoms with E-state index >= 15 is 0 Å². The molecule has 0 bridgehead atoms. The number of rotatable bonds is 15. The molecule has 0 aliphatic rings. The minimum Gasteiger partial charge on any atom is -0.497 e. The zero-order valence-corrected chi connectivity index (χ0v) is 27.1. The lowest BCUT2D eigenvalue weighted by Gasteiger charge is -2.33. The van der Waals surface area contributed by atoms with Crippen molar-refractivity contribution < 1.29 is 37.0 Å². The lowest BCUT2D eigenvalue weighted by Crippen LogP contribution is -2.52. The Labute approximate surface area is 259 Å². The Morgan fingerprint density at radius 3 is 2.11 bits per heavy atom. The molecule has 0 aliphatic carbocycles. The summed E-state index contributed by atoms with van der Waals surface area (Å²) < 4.78 is 51.3. The van der Waals surface area contributed by atoms with Gasteiger partial charge in [0.25, 0.3) is 10.0 Å². The van der Waals surface area contributed by atoms with Gasteiger partial charge in [0.1, 0.15) is 24.1 Å². The van der Waals surface area contributed by atoms with Crippen molar-refractivity contribution in [3.05, 3.63) is 71.8 Å². The molecular formula is C32H41N3O8S. The molecular weight excluding hydrogens is 586 g/mol. The highest BCUT2D eigenvalue weighted by Gasteiger charge is 2.35. The largest absolute Gasteiger partial charge is 0.497 e. The molecule has 12 heteroatoms. The maximum atomic E-state index is 14.4. The van der Waals surface area contributed by atoms with E-state index in [2.05, 4.69) is 5.32 Å². The van der Waals surface area contributed by atoms with Gasteiger partial charge < -0.3 is 29.2 Å². The summed E-state index contributed by atoms with van der Waals surface area (Å²) in [5.74, 6) is 0.170. The Morgan fingerprint density at radius 2 is 1.52 bits per heavy atom. The van der Waals surface area contributed by atoms with Crippen LogP contribution in [0.3, 0.4) is 0 Å². The van der Waals surface area contributed by atoms with Crippen LogP contribution in [0.1, 0.15) is 31.4 Å². The Bertz CT molecular complexity index is 1560. The van der Waals surface area contributed by atoms with Crippen LogP contribution < -0.4 is 28.6 Å². The monoisotopic (exact) mass is 627 g/mol. The number of carbonyl (C=O) groups excluding carboxylic acids is 2. The fourth-order valence-electron chi connectivity index (χ4n) is 4.83. The SMILES string of the molecule is CCNC(=O)C(CC)N(Cc1cccc(C)c1)C(=O)CN(c1cc(OC)ccc1OC)S(=O)(=O)c1ccc(OC)c(OC)c1. The van der Waals surface area contributed by atoms with Gasteiger partial charge in [-0.05, 0) is 50.1 Å². The van der Waals surface area contributed by atoms with Crippen LogP contribution in [0, 0.1) is 6.92 Å². The summed E-state index contributed by atoms with van der Waals surface area (Å²) >= 11 is 0. The zero-order chi connectivity index (χ0) is 32.4. The first kappa shape index (κ1) is 34.0. The molecule has 0 radical (unpaired) electrons. The molecule has 3 rings (SSSR count). The predicted octanol–water partition coefficient (Wildman–Crippen LogP) is 4.17. The Balaban J connectivity index is 2.20. The third kappa shape index (κ3) is 7.73. The first-order valence-corrected chi connectivity index (χ1v) is 15.6. The minimum atomic E-state index is -4.43. The molecule has 1 atom stereocenters. The number of ether oxygens (including phenoxy) is 4. The van der Waals surface area contributed by atoms with Gasteiger partial charge in [-0.3, -0.25) is 13.9 Å². The van der Waals surface area contributed by atoms with Crippen molar-refractivity contribution >= 4 is 27.5 Å². The smallest absolute Gasteiger partial charge is 0.265 e. The highest BCUT2D eigenvalue weighted by atomic mass is 32.2. The van der Waals surface area contributed by atoms with E-state index in [1.165, 1.54) is 57.6 Å². The van der Waals surface area contributed by atoms with Gasteiger partial charge >= 0.3 is 0 Å². The molecule has 0 saturated carbocycles. The van der Waals surface area contributed by atoms with Crippen molar-refractivity contribution in [3.8, 4) is 23.0 Å². The van der Waals surface area contributed by atoms with Gasteiger partial charge in [0, 0.05) is 25.2 Å². The third-order valence-corrected chi connectivity index (χ3v) is 8.80. The van der Waals surface area contributed by atoms with Crippen LogP contribution >= 0.6 is 0 Å². The molecule has 2 amide bonds. The van der Waals surface area contributed by atoms with Crippen LogP contribution in [0.25, 0.3) is 0 Å². The standard InChI is InChI=1S/C32H41N3O8S/c1-8-26(32(37)33-9-2)34(20-23-12-10-11-22(3)17-23)31(36)21-35(27-18-24(40-4)13-15-28(27)41-5)44(38,39)25-14-16-29(42-6)30(19-25)43-7/h10-19,26H,8-9,20-21H2,1-7H3,(H,33,37). The number of hydrogen-bond donors (Lipinski definition) is 1. The lowest BCUT2D eigenvalue weighted by atomic mass is 10.1. The number of amides is 2. The van der Waals surface area contributed by atoms with E-state index in [0.29, 0.717) is 24.5 Å². The van der Waals surface area contributed by atoms with E-state index in [9.17, 15) is 18.0 Å². The molecule has 44 heavy (non-hydrogen) atoms. The number of anilines is 1. The molecule has 3 aromatic rings. The Kier molecular flexibility index (Phi) is 11.9. The molecule has 1 unspecified atom stereocenters. The van der Waals surface area contributed by atoms with Gasteiger partial charge in [-0.15, -0.1) is 0 Å². The van der Waals surface area contributed by atoms with Crippen molar-refractivity contribution in [1.82, 2.24) is 10.2 Å². The van der Waals surface area contributed by atoms with Gasteiger partial charge in [0.05, 0.1) is 39.0 Å². The quantitative estimate of drug-likeness (QED) is 0.266. The molecule has 0 aromatic heterocycles. The van der Waals surface area contributed by atoms with Crippen LogP contribution in [0.2, 0.25) is 0 Å². The number of carbonyl (C=O) groups is 2. The molecule has 11 nitrogen and oxygen atoms in total. The predicted molar refractivity (Wildman–Crippen MR) is 168 cm³/mol. The molecule has 0 saturated heterocycles. The first-order chi connectivity index (χ1) is 21.0. The lowest BCUT2D eigenvalue weighted by molar-refractivity contribution is -0.140. The van der Waals surface area contributed by atoms with Gasteiger partial charge in [-0.1, -0.05) is 36.8 Å². The number of sulfonamides is 1. The van der Waals surface area contributed by atoms with Crippen LogP contribution in [-0.4, -0.2) is 72.7 Å². The number of methoxy groups -OCH3 is 4. The van der Waals surface area contributed by atoms with Gasteiger partial charge in [-0.2, -0.15) is 0 Å². The number of nitrogens with zero attached hydrogens (tertiary/aromatic N) is 2. The highest BCUT2D eigenvalue weighted by Crippen LogP contribution is 2.38. The van der Waals surface area contributed by atoms with Crippen LogP contribution in [0.15, 0.2) is 65.6 Å². The fraction of sp³-hybridized carbons (Fsp3) is 0.375. The minimum absolute atomic E-state index is 0.0801. The van der Waals surface area contributed by atoms with E-state index in [1.807, 2.05) is 31.2 Å². The molecule has 1 N–H and O–H groups in total. The summed E-state index contributed by atoms with van der Waals surface area (Å²) in [7, 11) is 1.27. The summed E-state index contributed by atoms with van der Waals surface area (Å²) in [6.07, 6.45) is 0.314. The normalized spacial score (nSPS) is 11.7. The summed E-state index contributed by atoms with van der Waals surface area (Å²) in [4.78, 5) is 28.7. The van der Waals surface area contributed by atoms with Crippen LogP contribution in [0.4, 0.5) is 5.69 Å². The summed E-state index contributed by atoms with van der Waals surface area (Å²) in [6, 6.07) is 15.6. The number of likely N-dealkylation sites (N-methyl/N-ethyl adjacent to an activating group) is 1. The summed E-state index contributed by atoms with van der Waals surface area (Å²) in [5.41, 5.74) is 1.87. The van der Waals surface area contributed by atoms with E-state index in [0.717, 1.165) is 15.4 Å². The average molecular weight is 628 g/mol. The topological polar surface area (TPSA) is 124 Å². The van der Waals surface area contributed by atoms with Crippen molar-refractivity contribution in [2.75, 3.05) is 45.8 Å². The molecule has 0 spiro atoms. The number of hydrogen-bond acceptors (Lipinski definition) is 8. The number of nitrogens with one attached hydrogen (secondary N) is 1. The van der Waals surface area contributed by atoms with Crippen LogP contribution in [0.5, 0.6) is 23.0 Å². The Morgan fingerprint density at radius 1 is 0.841 bits per heavy atom.